The summed E-state index contributed by atoms with van der Waals surface area (Å²) in [6.07, 6.45) is 13.2. The van der Waals surface area contributed by atoms with Gasteiger partial charge in [0.05, 0.1) is 13.2 Å². The van der Waals surface area contributed by atoms with Gasteiger partial charge in [0.25, 0.3) is 0 Å². The molecule has 0 heterocycles. The molecular formula is C26H45NO3. The van der Waals surface area contributed by atoms with Crippen LogP contribution < -0.4 is 5.32 Å². The number of aliphatic hydroxyl groups excluding tert-OH is 1. The average Bonchev–Trinajstić information content (AvgIpc) is 2.79. The van der Waals surface area contributed by atoms with Crippen molar-refractivity contribution in [1.29, 1.82) is 0 Å². The fourth-order valence-electron chi connectivity index (χ4n) is 2.41. The number of carbonyl (C=O) groups is 1. The monoisotopic (exact) mass is 419 g/mol. The molecule has 0 bridgehead atoms. The molecule has 0 spiro atoms. The summed E-state index contributed by atoms with van der Waals surface area (Å²) in [5.41, 5.74) is 2.63. The van der Waals surface area contributed by atoms with Gasteiger partial charge in [-0.2, -0.15) is 0 Å². The van der Waals surface area contributed by atoms with Crippen molar-refractivity contribution >= 4 is 5.91 Å². The summed E-state index contributed by atoms with van der Waals surface area (Å²) in [6, 6.07) is 10.3. The van der Waals surface area contributed by atoms with Gasteiger partial charge in [-0.05, 0) is 45.1 Å². The predicted molar refractivity (Wildman–Crippen MR) is 129 cm³/mol. The number of allylic oxidation sites excluding steroid dienone is 3. The van der Waals surface area contributed by atoms with E-state index < -0.39 is 0 Å². The molecule has 0 radical (unpaired) electrons. The zero-order valence-electron chi connectivity index (χ0n) is 20.0. The van der Waals surface area contributed by atoms with Crippen molar-refractivity contribution in [2.24, 2.45) is 0 Å². The van der Waals surface area contributed by atoms with E-state index in [2.05, 4.69) is 49.5 Å². The van der Waals surface area contributed by atoms with E-state index in [1.165, 1.54) is 11.1 Å². The smallest absolute Gasteiger partial charge is 0.219 e. The molecule has 0 saturated carbocycles. The van der Waals surface area contributed by atoms with Crippen LogP contribution in [0.2, 0.25) is 0 Å². The Hall–Kier alpha value is -1.91. The Balaban J connectivity index is 0. The van der Waals surface area contributed by atoms with Crippen molar-refractivity contribution in [2.75, 3.05) is 20.3 Å². The highest BCUT2D eigenvalue weighted by atomic mass is 16.5. The third-order valence-electron chi connectivity index (χ3n) is 4.19. The van der Waals surface area contributed by atoms with Crippen molar-refractivity contribution in [2.45, 2.75) is 79.2 Å². The standard InChI is InChI=1S/C16H22O.C8H17NO2.C2H6/c1-3-4-6-9-15(2)12-13-17-14-16-10-7-5-8-11-16;1-9-8(11)6-4-2-3-5-7-10;1-2/h3-5,7-8,10-12H,6,9,13-14H2,1-2H3;10H,2-7H2,1H3,(H,9,11);1-2H3/b4-3+,15-12+;;. The summed E-state index contributed by atoms with van der Waals surface area (Å²) >= 11 is 0. The first kappa shape index (κ1) is 30.3. The number of rotatable bonds is 13. The van der Waals surface area contributed by atoms with Crippen molar-refractivity contribution in [1.82, 2.24) is 5.32 Å². The highest BCUT2D eigenvalue weighted by molar-refractivity contribution is 5.75. The lowest BCUT2D eigenvalue weighted by Crippen LogP contribution is -2.16. The number of carbonyl (C=O) groups excluding carboxylic acids is 1. The maximum Gasteiger partial charge on any atom is 0.219 e. The number of aliphatic hydroxyl groups is 1. The minimum absolute atomic E-state index is 0.106. The number of hydrogen-bond donors (Lipinski definition) is 2. The zero-order chi connectivity index (χ0) is 22.9. The van der Waals surface area contributed by atoms with Crippen molar-refractivity contribution in [3.05, 3.63) is 59.7 Å². The van der Waals surface area contributed by atoms with Gasteiger partial charge in [0, 0.05) is 20.1 Å². The lowest BCUT2D eigenvalue weighted by atomic mass is 10.1. The molecule has 1 aromatic rings. The molecule has 4 heteroatoms. The topological polar surface area (TPSA) is 58.6 Å². The highest BCUT2D eigenvalue weighted by Crippen LogP contribution is 2.05. The van der Waals surface area contributed by atoms with Crippen LogP contribution in [0.5, 0.6) is 0 Å². The molecule has 2 N–H and O–H groups in total. The summed E-state index contributed by atoms with van der Waals surface area (Å²) in [4.78, 5) is 10.7. The summed E-state index contributed by atoms with van der Waals surface area (Å²) in [6.45, 7) is 9.88. The van der Waals surface area contributed by atoms with E-state index in [1.807, 2.05) is 32.0 Å². The molecule has 0 aliphatic carbocycles. The zero-order valence-corrected chi connectivity index (χ0v) is 20.0. The molecule has 0 aromatic heterocycles. The Morgan fingerprint density at radius 1 is 1.07 bits per heavy atom. The van der Waals surface area contributed by atoms with Crippen molar-refractivity contribution < 1.29 is 14.6 Å². The fourth-order valence-corrected chi connectivity index (χ4v) is 2.41. The van der Waals surface area contributed by atoms with E-state index in [0.717, 1.165) is 38.5 Å². The molecular weight excluding hydrogens is 374 g/mol. The van der Waals surface area contributed by atoms with Gasteiger partial charge >= 0.3 is 0 Å². The van der Waals surface area contributed by atoms with Gasteiger partial charge in [-0.1, -0.05) is 80.8 Å². The summed E-state index contributed by atoms with van der Waals surface area (Å²) in [5.74, 6) is 0.106. The van der Waals surface area contributed by atoms with Crippen LogP contribution in [-0.2, 0) is 16.1 Å². The molecule has 0 aliphatic heterocycles. The minimum atomic E-state index is 0.106. The lowest BCUT2D eigenvalue weighted by molar-refractivity contribution is -0.120. The first-order chi connectivity index (χ1) is 14.6. The lowest BCUT2D eigenvalue weighted by Gasteiger charge is -2.02. The normalized spacial score (nSPS) is 10.7. The van der Waals surface area contributed by atoms with Crippen LogP contribution in [-0.4, -0.2) is 31.3 Å². The number of unbranched alkanes of at least 4 members (excludes halogenated alkanes) is 3. The molecule has 0 fully saturated rings. The van der Waals surface area contributed by atoms with E-state index in [9.17, 15) is 4.79 Å². The molecule has 0 saturated heterocycles. The third kappa shape index (κ3) is 22.4. The highest BCUT2D eigenvalue weighted by Gasteiger charge is 1.96. The molecule has 30 heavy (non-hydrogen) atoms. The molecule has 172 valence electrons. The van der Waals surface area contributed by atoms with Gasteiger partial charge in [-0.15, -0.1) is 0 Å². The van der Waals surface area contributed by atoms with Crippen LogP contribution in [0, 0.1) is 0 Å². The second-order valence-corrected chi connectivity index (χ2v) is 6.72. The van der Waals surface area contributed by atoms with Crippen LogP contribution in [0.1, 0.15) is 78.2 Å². The molecule has 0 atom stereocenters. The Labute approximate surface area is 185 Å². The molecule has 0 unspecified atom stereocenters. The largest absolute Gasteiger partial charge is 0.396 e. The van der Waals surface area contributed by atoms with Gasteiger partial charge in [0.1, 0.15) is 0 Å². The molecule has 1 aromatic carbocycles. The number of nitrogens with one attached hydrogen (secondary N) is 1. The van der Waals surface area contributed by atoms with Crippen molar-refractivity contribution in [3.8, 4) is 0 Å². The van der Waals surface area contributed by atoms with Crippen LogP contribution in [0.25, 0.3) is 0 Å². The Kier molecular flexibility index (Phi) is 25.4. The number of amides is 1. The maximum atomic E-state index is 10.7. The number of ether oxygens (including phenoxy) is 1. The summed E-state index contributed by atoms with van der Waals surface area (Å²) < 4.78 is 5.60. The van der Waals surface area contributed by atoms with Crippen LogP contribution in [0.3, 0.4) is 0 Å². The molecule has 0 aliphatic rings. The van der Waals surface area contributed by atoms with Gasteiger partial charge in [0.15, 0.2) is 0 Å². The number of benzene rings is 1. The predicted octanol–water partition coefficient (Wildman–Crippen LogP) is 6.21. The third-order valence-corrected chi connectivity index (χ3v) is 4.19. The van der Waals surface area contributed by atoms with Crippen LogP contribution >= 0.6 is 0 Å². The molecule has 4 nitrogen and oxygen atoms in total. The first-order valence-electron chi connectivity index (χ1n) is 11.3. The van der Waals surface area contributed by atoms with Gasteiger partial charge in [-0.25, -0.2) is 0 Å². The summed E-state index contributed by atoms with van der Waals surface area (Å²) in [5, 5.41) is 11.0. The Morgan fingerprint density at radius 2 is 1.73 bits per heavy atom. The van der Waals surface area contributed by atoms with E-state index >= 15 is 0 Å². The van der Waals surface area contributed by atoms with E-state index in [1.54, 1.807) is 7.05 Å². The summed E-state index contributed by atoms with van der Waals surface area (Å²) in [7, 11) is 1.65. The molecule has 1 rings (SSSR count). The Bertz CT molecular complexity index is 538. The van der Waals surface area contributed by atoms with Crippen molar-refractivity contribution in [3.63, 3.8) is 0 Å². The van der Waals surface area contributed by atoms with Gasteiger partial charge < -0.3 is 15.2 Å². The van der Waals surface area contributed by atoms with Gasteiger partial charge in [-0.3, -0.25) is 4.79 Å². The van der Waals surface area contributed by atoms with E-state index in [4.69, 9.17) is 9.84 Å². The Morgan fingerprint density at radius 3 is 2.33 bits per heavy atom. The van der Waals surface area contributed by atoms with Gasteiger partial charge in [0.2, 0.25) is 5.91 Å². The maximum absolute atomic E-state index is 10.7. The average molecular weight is 420 g/mol. The van der Waals surface area contributed by atoms with E-state index in [-0.39, 0.29) is 12.5 Å². The van der Waals surface area contributed by atoms with Crippen LogP contribution in [0.4, 0.5) is 0 Å². The van der Waals surface area contributed by atoms with E-state index in [0.29, 0.717) is 19.6 Å². The first-order valence-corrected chi connectivity index (χ1v) is 11.3. The SMILES string of the molecule is C/C=C/CC/C(C)=C/COCc1ccccc1.CC.CNC(=O)CCCCCCO. The quantitative estimate of drug-likeness (QED) is 0.295. The van der Waals surface area contributed by atoms with Crippen LogP contribution in [0.15, 0.2) is 54.1 Å². The molecule has 1 amide bonds. The minimum Gasteiger partial charge on any atom is -0.396 e. The second-order valence-electron chi connectivity index (χ2n) is 6.72. The number of hydrogen-bond acceptors (Lipinski definition) is 3. The fraction of sp³-hybridized carbons (Fsp3) is 0.577. The second kappa shape index (κ2) is 25.1.